The maximum atomic E-state index is 13.8. The summed E-state index contributed by atoms with van der Waals surface area (Å²) in [5.74, 6) is -0.347. The van der Waals surface area contributed by atoms with Gasteiger partial charge in [-0.05, 0) is 87.5 Å². The number of likely N-dealkylation sites (N-methyl/N-ethyl adjacent to an activating group) is 2. The van der Waals surface area contributed by atoms with Crippen LogP contribution < -0.4 is 9.64 Å². The molecule has 0 atom stereocenters. The highest BCUT2D eigenvalue weighted by molar-refractivity contribution is 6.76. The summed E-state index contributed by atoms with van der Waals surface area (Å²) < 4.78 is 16.4. The fraction of sp³-hybridized carbons (Fsp3) is 0.568. The van der Waals surface area contributed by atoms with E-state index in [0.717, 1.165) is 22.7 Å². The quantitative estimate of drug-likeness (QED) is 0.186. The van der Waals surface area contributed by atoms with Gasteiger partial charge in [0.2, 0.25) is 0 Å². The molecule has 0 aromatic heterocycles. The number of benzene rings is 2. The summed E-state index contributed by atoms with van der Waals surface area (Å²) in [5.41, 5.74) is 3.23. The molecule has 11 nitrogen and oxygen atoms in total. The van der Waals surface area contributed by atoms with Crippen molar-refractivity contribution in [1.29, 1.82) is 0 Å². The first-order valence-electron chi connectivity index (χ1n) is 17.2. The van der Waals surface area contributed by atoms with E-state index in [1.54, 1.807) is 28.9 Å². The van der Waals surface area contributed by atoms with Gasteiger partial charge < -0.3 is 33.8 Å². The molecule has 4 rings (SSSR count). The number of likely N-dealkylation sites (tertiary alicyclic amines) is 1. The SMILES string of the molecule is COc1ccc(CN2C(=O)C(=O)c3c2ccc(CN(C)CCN(C)C(=O)OC(C)(C)C)c3C2CCN(C(=O)OCC[Si](C)(C)C)CC2)cc1. The number of amides is 3. The lowest BCUT2D eigenvalue weighted by Crippen LogP contribution is -2.39. The van der Waals surface area contributed by atoms with E-state index < -0.39 is 25.4 Å². The second-order valence-corrected chi connectivity index (χ2v) is 21.0. The van der Waals surface area contributed by atoms with Gasteiger partial charge in [-0.15, -0.1) is 0 Å². The van der Waals surface area contributed by atoms with Crippen molar-refractivity contribution in [2.75, 3.05) is 58.9 Å². The van der Waals surface area contributed by atoms with Crippen LogP contribution in [0.25, 0.3) is 0 Å². The minimum Gasteiger partial charge on any atom is -0.497 e. The van der Waals surface area contributed by atoms with Crippen LogP contribution in [0.5, 0.6) is 5.75 Å². The highest BCUT2D eigenvalue weighted by Gasteiger charge is 2.41. The predicted molar refractivity (Wildman–Crippen MR) is 193 cm³/mol. The molecule has 0 aliphatic carbocycles. The van der Waals surface area contributed by atoms with Gasteiger partial charge in [-0.25, -0.2) is 9.59 Å². The van der Waals surface area contributed by atoms with Crippen LogP contribution in [-0.4, -0.2) is 106 Å². The van der Waals surface area contributed by atoms with Crippen LogP contribution in [0, 0.1) is 0 Å². The van der Waals surface area contributed by atoms with Gasteiger partial charge in [0.15, 0.2) is 0 Å². The molecule has 0 unspecified atom stereocenters. The molecular formula is C37H54N4O7Si. The first-order valence-corrected chi connectivity index (χ1v) is 20.9. The molecule has 1 fully saturated rings. The molecule has 49 heavy (non-hydrogen) atoms. The Balaban J connectivity index is 1.57. The Morgan fingerprint density at radius 2 is 1.61 bits per heavy atom. The van der Waals surface area contributed by atoms with Gasteiger partial charge in [-0.2, -0.15) is 0 Å². The number of carbonyl (C=O) groups excluding carboxylic acids is 4. The standard InChI is InChI=1S/C37H54N4O7Si/c1-37(2,3)48-35(44)39(5)21-20-38(4)25-28-12-15-30-32(33(42)34(43)41(30)24-26-10-13-29(46-6)14-11-26)31(28)27-16-18-40(19-17-27)36(45)47-22-23-49(7,8)9/h10-15,27H,16-25H2,1-9H3. The zero-order valence-electron chi connectivity index (χ0n) is 30.8. The Morgan fingerprint density at radius 3 is 2.20 bits per heavy atom. The molecule has 2 aliphatic heterocycles. The maximum absolute atomic E-state index is 13.8. The Hall–Kier alpha value is -3.90. The second-order valence-electron chi connectivity index (χ2n) is 15.4. The molecule has 12 heteroatoms. The van der Waals surface area contributed by atoms with Gasteiger partial charge in [-0.1, -0.05) is 37.8 Å². The van der Waals surface area contributed by atoms with E-state index in [1.807, 2.05) is 64.2 Å². The van der Waals surface area contributed by atoms with Crippen molar-refractivity contribution in [3.63, 3.8) is 0 Å². The molecule has 2 aromatic carbocycles. The average molecular weight is 695 g/mol. The number of methoxy groups -OCH3 is 1. The van der Waals surface area contributed by atoms with Gasteiger partial charge in [0.05, 0.1) is 31.5 Å². The average Bonchev–Trinajstić information content (AvgIpc) is 3.27. The number of fused-ring (bicyclic) bond motifs is 1. The zero-order chi connectivity index (χ0) is 36.1. The number of rotatable bonds is 12. The summed E-state index contributed by atoms with van der Waals surface area (Å²) in [6.45, 7) is 15.5. The van der Waals surface area contributed by atoms with E-state index in [0.29, 0.717) is 69.2 Å². The molecular weight excluding hydrogens is 641 g/mol. The first kappa shape index (κ1) is 37.9. The molecule has 2 aromatic rings. The van der Waals surface area contributed by atoms with E-state index in [4.69, 9.17) is 14.2 Å². The van der Waals surface area contributed by atoms with Gasteiger partial charge in [0.25, 0.3) is 11.7 Å². The zero-order valence-corrected chi connectivity index (χ0v) is 31.8. The Morgan fingerprint density at radius 1 is 0.959 bits per heavy atom. The van der Waals surface area contributed by atoms with Crippen LogP contribution in [-0.2, 0) is 27.4 Å². The third kappa shape index (κ3) is 10.1. The topological polar surface area (TPSA) is 109 Å². The molecule has 268 valence electrons. The van der Waals surface area contributed by atoms with Crippen LogP contribution in [0.4, 0.5) is 15.3 Å². The monoisotopic (exact) mass is 694 g/mol. The molecule has 1 saturated heterocycles. The number of Topliss-reactive ketones (excluding diaryl/α,β-unsaturated/α-hetero) is 1. The van der Waals surface area contributed by atoms with Crippen molar-refractivity contribution in [2.45, 2.75) is 83.9 Å². The number of ether oxygens (including phenoxy) is 3. The molecule has 3 amide bonds. The normalized spacial score (nSPS) is 15.5. The number of hydrogen-bond acceptors (Lipinski definition) is 8. The number of ketones is 1. The van der Waals surface area contributed by atoms with E-state index in [1.165, 1.54) is 0 Å². The summed E-state index contributed by atoms with van der Waals surface area (Å²) >= 11 is 0. The van der Waals surface area contributed by atoms with Gasteiger partial charge >= 0.3 is 12.2 Å². The molecule has 2 heterocycles. The molecule has 0 N–H and O–H groups in total. The Kier molecular flexibility index (Phi) is 12.2. The molecule has 0 spiro atoms. The first-order chi connectivity index (χ1) is 23.0. The predicted octanol–water partition coefficient (Wildman–Crippen LogP) is 6.38. The summed E-state index contributed by atoms with van der Waals surface area (Å²) in [5, 5.41) is 0. The number of carbonyl (C=O) groups is 4. The van der Waals surface area contributed by atoms with Crippen molar-refractivity contribution in [3.8, 4) is 5.75 Å². The summed E-state index contributed by atoms with van der Waals surface area (Å²) in [6.07, 6.45) is 0.627. The van der Waals surface area contributed by atoms with Gasteiger partial charge in [0, 0.05) is 47.8 Å². The summed E-state index contributed by atoms with van der Waals surface area (Å²) in [6, 6.07) is 12.3. The summed E-state index contributed by atoms with van der Waals surface area (Å²) in [7, 11) is 3.97. The third-order valence-corrected chi connectivity index (χ3v) is 10.7. The van der Waals surface area contributed by atoms with Crippen LogP contribution in [0.3, 0.4) is 0 Å². The smallest absolute Gasteiger partial charge is 0.410 e. The van der Waals surface area contributed by atoms with Crippen LogP contribution >= 0.6 is 0 Å². The van der Waals surface area contributed by atoms with Crippen LogP contribution in [0.1, 0.15) is 66.6 Å². The van der Waals surface area contributed by atoms with Crippen molar-refractivity contribution in [2.24, 2.45) is 0 Å². The Labute approximate surface area is 292 Å². The number of nitrogens with zero attached hydrogens (tertiary/aromatic N) is 4. The molecule has 0 radical (unpaired) electrons. The van der Waals surface area contributed by atoms with Crippen molar-refractivity contribution in [1.82, 2.24) is 14.7 Å². The minimum atomic E-state index is -1.33. The fourth-order valence-corrected chi connectivity index (χ4v) is 6.85. The molecule has 2 aliphatic rings. The van der Waals surface area contributed by atoms with Gasteiger partial charge in [-0.3, -0.25) is 9.59 Å². The lowest BCUT2D eigenvalue weighted by atomic mass is 9.82. The van der Waals surface area contributed by atoms with Crippen molar-refractivity contribution >= 4 is 37.6 Å². The van der Waals surface area contributed by atoms with Crippen LogP contribution in [0.15, 0.2) is 36.4 Å². The fourth-order valence-electron chi connectivity index (χ4n) is 6.14. The molecule has 0 saturated carbocycles. The van der Waals surface area contributed by atoms with Crippen molar-refractivity contribution in [3.05, 3.63) is 58.7 Å². The summed E-state index contributed by atoms with van der Waals surface area (Å²) in [4.78, 5) is 59.7. The largest absolute Gasteiger partial charge is 0.497 e. The van der Waals surface area contributed by atoms with E-state index >= 15 is 0 Å². The van der Waals surface area contributed by atoms with Crippen molar-refractivity contribution < 1.29 is 33.4 Å². The maximum Gasteiger partial charge on any atom is 0.410 e. The number of piperidine rings is 1. The molecule has 0 bridgehead atoms. The number of anilines is 1. The lowest BCUT2D eigenvalue weighted by molar-refractivity contribution is -0.114. The lowest BCUT2D eigenvalue weighted by Gasteiger charge is -2.34. The third-order valence-electron chi connectivity index (χ3n) is 8.97. The van der Waals surface area contributed by atoms with E-state index in [2.05, 4.69) is 24.5 Å². The Bertz CT molecular complexity index is 1510. The van der Waals surface area contributed by atoms with Gasteiger partial charge in [0.1, 0.15) is 11.4 Å². The number of hydrogen-bond donors (Lipinski definition) is 0. The highest BCUT2D eigenvalue weighted by atomic mass is 28.3. The van der Waals surface area contributed by atoms with Crippen LogP contribution in [0.2, 0.25) is 25.7 Å². The second kappa shape index (κ2) is 15.8. The van der Waals surface area contributed by atoms with E-state index in [9.17, 15) is 19.2 Å². The van der Waals surface area contributed by atoms with E-state index in [-0.39, 0.29) is 24.6 Å². The highest BCUT2D eigenvalue weighted by Crippen LogP contribution is 2.42. The minimum absolute atomic E-state index is 0.0218.